The minimum absolute atomic E-state index is 0.656. The van der Waals surface area contributed by atoms with Gasteiger partial charge in [0.15, 0.2) is 6.29 Å². The molecule has 0 saturated carbocycles. The van der Waals surface area contributed by atoms with Crippen LogP contribution in [0.2, 0.25) is 5.02 Å². The maximum Gasteiger partial charge on any atom is 0.152 e. The van der Waals surface area contributed by atoms with E-state index in [4.69, 9.17) is 11.6 Å². The summed E-state index contributed by atoms with van der Waals surface area (Å²) in [4.78, 5) is 14.6. The molecular weight excluding hydrogens is 246 g/mol. The summed E-state index contributed by atoms with van der Waals surface area (Å²) in [5.74, 6) is 0. The number of carbonyl (C=O) groups excluding carboxylic acids is 1. The van der Waals surface area contributed by atoms with Crippen LogP contribution in [0.25, 0.3) is 22.2 Å². The van der Waals surface area contributed by atoms with Crippen LogP contribution in [0.1, 0.15) is 10.4 Å². The Morgan fingerprint density at radius 3 is 2.67 bits per heavy atom. The van der Waals surface area contributed by atoms with Gasteiger partial charge < -0.3 is 4.98 Å². The summed E-state index contributed by atoms with van der Waals surface area (Å²) in [5, 5.41) is 1.59. The third-order valence-electron chi connectivity index (χ3n) is 2.98. The van der Waals surface area contributed by atoms with E-state index < -0.39 is 0 Å². The SMILES string of the molecule is O=Cc1c(-c2cccc(Cl)c2)[nH]c2ccccc12. The Balaban J connectivity index is 2.32. The smallest absolute Gasteiger partial charge is 0.152 e. The molecule has 0 aliphatic rings. The molecule has 0 amide bonds. The fourth-order valence-electron chi connectivity index (χ4n) is 2.16. The zero-order chi connectivity index (χ0) is 12.5. The van der Waals surface area contributed by atoms with Gasteiger partial charge in [-0.05, 0) is 18.2 Å². The highest BCUT2D eigenvalue weighted by Crippen LogP contribution is 2.30. The van der Waals surface area contributed by atoms with Crippen molar-refractivity contribution in [3.63, 3.8) is 0 Å². The number of hydrogen-bond donors (Lipinski definition) is 1. The number of aromatic nitrogens is 1. The molecule has 1 heterocycles. The number of rotatable bonds is 2. The Hall–Kier alpha value is -2.06. The summed E-state index contributed by atoms with van der Waals surface area (Å²) >= 11 is 5.99. The molecule has 0 aliphatic carbocycles. The van der Waals surface area contributed by atoms with Gasteiger partial charge in [0.2, 0.25) is 0 Å². The van der Waals surface area contributed by atoms with E-state index in [1.54, 1.807) is 0 Å². The number of carbonyl (C=O) groups is 1. The number of halogens is 1. The Morgan fingerprint density at radius 1 is 1.06 bits per heavy atom. The van der Waals surface area contributed by atoms with Gasteiger partial charge in [0, 0.05) is 27.1 Å². The molecule has 1 aromatic heterocycles. The molecule has 3 aromatic rings. The van der Waals surface area contributed by atoms with Crippen LogP contribution in [0.15, 0.2) is 48.5 Å². The summed E-state index contributed by atoms with van der Waals surface area (Å²) in [5.41, 5.74) is 3.36. The highest BCUT2D eigenvalue weighted by molar-refractivity contribution is 6.30. The normalized spacial score (nSPS) is 10.7. The summed E-state index contributed by atoms with van der Waals surface area (Å²) in [6.45, 7) is 0. The molecule has 0 unspecified atom stereocenters. The van der Waals surface area contributed by atoms with E-state index in [9.17, 15) is 4.79 Å². The highest BCUT2D eigenvalue weighted by atomic mass is 35.5. The Labute approximate surface area is 109 Å². The van der Waals surface area contributed by atoms with Crippen molar-refractivity contribution in [1.29, 1.82) is 0 Å². The third kappa shape index (κ3) is 1.71. The van der Waals surface area contributed by atoms with Crippen molar-refractivity contribution >= 4 is 28.8 Å². The summed E-state index contributed by atoms with van der Waals surface area (Å²) in [7, 11) is 0. The molecule has 0 saturated heterocycles. The Bertz CT molecular complexity index is 730. The van der Waals surface area contributed by atoms with Gasteiger partial charge >= 0.3 is 0 Å². The number of fused-ring (bicyclic) bond motifs is 1. The summed E-state index contributed by atoms with van der Waals surface area (Å²) in [6.07, 6.45) is 0.884. The topological polar surface area (TPSA) is 32.9 Å². The van der Waals surface area contributed by atoms with E-state index >= 15 is 0 Å². The van der Waals surface area contributed by atoms with Gasteiger partial charge in [-0.3, -0.25) is 4.79 Å². The first-order chi connectivity index (χ1) is 8.79. The predicted octanol–water partition coefficient (Wildman–Crippen LogP) is 4.30. The van der Waals surface area contributed by atoms with Gasteiger partial charge in [0.05, 0.1) is 5.69 Å². The van der Waals surface area contributed by atoms with Crippen LogP contribution >= 0.6 is 11.6 Å². The second-order valence-electron chi connectivity index (χ2n) is 4.09. The number of H-pyrrole nitrogens is 1. The molecule has 2 aromatic carbocycles. The molecule has 2 nitrogen and oxygen atoms in total. The van der Waals surface area contributed by atoms with E-state index in [2.05, 4.69) is 4.98 Å². The van der Waals surface area contributed by atoms with Gasteiger partial charge in [-0.2, -0.15) is 0 Å². The maximum atomic E-state index is 11.3. The molecule has 0 fully saturated rings. The van der Waals surface area contributed by atoms with Gasteiger partial charge in [0.1, 0.15) is 0 Å². The molecule has 0 aliphatic heterocycles. The number of benzene rings is 2. The number of nitrogens with one attached hydrogen (secondary N) is 1. The van der Waals surface area contributed by atoms with Crippen LogP contribution in [0, 0.1) is 0 Å². The fraction of sp³-hybridized carbons (Fsp3) is 0. The van der Waals surface area contributed by atoms with Crippen LogP contribution in [-0.2, 0) is 0 Å². The summed E-state index contributed by atoms with van der Waals surface area (Å²) < 4.78 is 0. The van der Waals surface area contributed by atoms with Crippen molar-refractivity contribution in [2.75, 3.05) is 0 Å². The van der Waals surface area contributed by atoms with Gasteiger partial charge in [0.25, 0.3) is 0 Å². The van der Waals surface area contributed by atoms with Crippen LogP contribution in [0.3, 0.4) is 0 Å². The van der Waals surface area contributed by atoms with Gasteiger partial charge in [-0.25, -0.2) is 0 Å². The molecule has 18 heavy (non-hydrogen) atoms. The van der Waals surface area contributed by atoms with Crippen LogP contribution < -0.4 is 0 Å². The van der Waals surface area contributed by atoms with Gasteiger partial charge in [-0.15, -0.1) is 0 Å². The average Bonchev–Trinajstić information content (AvgIpc) is 2.77. The zero-order valence-corrected chi connectivity index (χ0v) is 10.2. The monoisotopic (exact) mass is 255 g/mol. The van der Waals surface area contributed by atoms with Crippen molar-refractivity contribution in [3.05, 3.63) is 59.1 Å². The Morgan fingerprint density at radius 2 is 1.89 bits per heavy atom. The lowest BCUT2D eigenvalue weighted by molar-refractivity contribution is 0.112. The van der Waals surface area contributed by atoms with E-state index in [1.165, 1.54) is 0 Å². The molecule has 0 bridgehead atoms. The third-order valence-corrected chi connectivity index (χ3v) is 3.21. The molecular formula is C15H10ClNO. The van der Waals surface area contributed by atoms with Crippen molar-refractivity contribution in [1.82, 2.24) is 4.98 Å². The number of aromatic amines is 1. The van der Waals surface area contributed by atoms with Crippen molar-refractivity contribution < 1.29 is 4.79 Å². The first-order valence-corrected chi connectivity index (χ1v) is 5.99. The van der Waals surface area contributed by atoms with E-state index in [1.807, 2.05) is 48.5 Å². The standard InChI is InChI=1S/C15H10ClNO/c16-11-5-3-4-10(8-11)15-13(9-18)12-6-1-2-7-14(12)17-15/h1-9,17H. The molecule has 88 valence electrons. The average molecular weight is 256 g/mol. The molecule has 3 heteroatoms. The summed E-state index contributed by atoms with van der Waals surface area (Å²) in [6, 6.07) is 15.2. The second kappa shape index (κ2) is 4.31. The first-order valence-electron chi connectivity index (χ1n) is 5.61. The number of hydrogen-bond acceptors (Lipinski definition) is 1. The lowest BCUT2D eigenvalue weighted by Crippen LogP contribution is -1.84. The van der Waals surface area contributed by atoms with Crippen LogP contribution in [-0.4, -0.2) is 11.3 Å². The minimum atomic E-state index is 0.656. The molecule has 0 atom stereocenters. The Kier molecular flexibility index (Phi) is 2.65. The van der Waals surface area contributed by atoms with Gasteiger partial charge in [-0.1, -0.05) is 41.9 Å². The lowest BCUT2D eigenvalue weighted by atomic mass is 10.1. The van der Waals surface area contributed by atoms with Crippen molar-refractivity contribution in [3.8, 4) is 11.3 Å². The predicted molar refractivity (Wildman–Crippen MR) is 74.1 cm³/mol. The molecule has 1 N–H and O–H groups in total. The number of para-hydroxylation sites is 1. The van der Waals surface area contributed by atoms with Crippen LogP contribution in [0.5, 0.6) is 0 Å². The van der Waals surface area contributed by atoms with E-state index in [0.29, 0.717) is 10.6 Å². The molecule has 0 spiro atoms. The number of aldehydes is 1. The van der Waals surface area contributed by atoms with Crippen molar-refractivity contribution in [2.45, 2.75) is 0 Å². The molecule has 3 rings (SSSR count). The molecule has 0 radical (unpaired) electrons. The zero-order valence-electron chi connectivity index (χ0n) is 9.48. The van der Waals surface area contributed by atoms with E-state index in [0.717, 1.165) is 28.4 Å². The fourth-order valence-corrected chi connectivity index (χ4v) is 2.35. The quantitative estimate of drug-likeness (QED) is 0.681. The van der Waals surface area contributed by atoms with E-state index in [-0.39, 0.29) is 0 Å². The largest absolute Gasteiger partial charge is 0.354 e. The lowest BCUT2D eigenvalue weighted by Gasteiger charge is -2.00. The first kappa shape index (κ1) is 11.1. The van der Waals surface area contributed by atoms with Crippen molar-refractivity contribution in [2.24, 2.45) is 0 Å². The minimum Gasteiger partial charge on any atom is -0.354 e. The maximum absolute atomic E-state index is 11.3. The second-order valence-corrected chi connectivity index (χ2v) is 4.52. The van der Waals surface area contributed by atoms with Crippen LogP contribution in [0.4, 0.5) is 0 Å². The highest BCUT2D eigenvalue weighted by Gasteiger charge is 2.11.